The number of nitro groups is 1. The summed E-state index contributed by atoms with van der Waals surface area (Å²) in [7, 11) is 0. The molecule has 1 N–H and O–H groups in total. The molecule has 3 atom stereocenters. The first kappa shape index (κ1) is 20.2. The second-order valence-electron chi connectivity index (χ2n) is 8.51. The smallest absolute Gasteiger partial charge is 0.293 e. The third-order valence-corrected chi connectivity index (χ3v) is 5.91. The molecule has 0 radical (unpaired) electrons. The van der Waals surface area contributed by atoms with Crippen LogP contribution in [-0.2, 0) is 0 Å². The fourth-order valence-corrected chi connectivity index (χ4v) is 4.67. The summed E-state index contributed by atoms with van der Waals surface area (Å²) in [6.45, 7) is 6.43. The van der Waals surface area contributed by atoms with Crippen LogP contribution >= 0.6 is 0 Å². The molecule has 2 aromatic rings. The number of para-hydroxylation sites is 1. The lowest BCUT2D eigenvalue weighted by molar-refractivity contribution is -0.384. The Labute approximate surface area is 176 Å². The number of ether oxygens (including phenoxy) is 1. The van der Waals surface area contributed by atoms with E-state index in [0.29, 0.717) is 36.1 Å². The maximum atomic E-state index is 12.9. The largest absolute Gasteiger partial charge is 0.493 e. The van der Waals surface area contributed by atoms with Crippen LogP contribution in [0.1, 0.15) is 48.7 Å². The molecule has 2 aromatic carbocycles. The number of nitrogens with one attached hydrogen (secondary N) is 1. The summed E-state index contributed by atoms with van der Waals surface area (Å²) in [6.07, 6.45) is 1.78. The van der Waals surface area contributed by atoms with Crippen LogP contribution in [0, 0.1) is 22.0 Å². The van der Waals surface area contributed by atoms with E-state index < -0.39 is 0 Å². The number of carbonyl (C=O) groups excluding carboxylic acids is 1. The number of benzene rings is 2. The Morgan fingerprint density at radius 1 is 1.17 bits per heavy atom. The number of rotatable bonds is 4. The van der Waals surface area contributed by atoms with E-state index in [1.54, 1.807) is 12.1 Å². The van der Waals surface area contributed by atoms with Crippen LogP contribution in [0.2, 0.25) is 0 Å². The van der Waals surface area contributed by atoms with Gasteiger partial charge in [-0.25, -0.2) is 0 Å². The lowest BCUT2D eigenvalue weighted by Gasteiger charge is -2.36. The summed E-state index contributed by atoms with van der Waals surface area (Å²) in [6, 6.07) is 12.3. The second-order valence-corrected chi connectivity index (χ2v) is 8.51. The summed E-state index contributed by atoms with van der Waals surface area (Å²) in [5, 5.41) is 14.8. The molecule has 30 heavy (non-hydrogen) atoms. The Balaban J connectivity index is 1.57. The Kier molecular flexibility index (Phi) is 5.61. The minimum atomic E-state index is -0.389. The molecule has 7 heteroatoms. The molecule has 0 spiro atoms. The van der Waals surface area contributed by atoms with Gasteiger partial charge in [-0.15, -0.1) is 0 Å². The molecule has 0 unspecified atom stereocenters. The monoisotopic (exact) mass is 409 g/mol. The minimum absolute atomic E-state index is 0.0173. The van der Waals surface area contributed by atoms with Crippen molar-refractivity contribution in [1.29, 1.82) is 0 Å². The molecule has 1 amide bonds. The molecule has 2 heterocycles. The summed E-state index contributed by atoms with van der Waals surface area (Å²) >= 11 is 0. The van der Waals surface area contributed by atoms with Crippen LogP contribution in [0.15, 0.2) is 42.5 Å². The zero-order valence-corrected chi connectivity index (χ0v) is 17.3. The van der Waals surface area contributed by atoms with Crippen molar-refractivity contribution in [2.45, 2.75) is 32.7 Å². The Bertz CT molecular complexity index is 951. The normalized spacial score (nSPS) is 23.3. The Hall–Kier alpha value is -3.09. The molecule has 4 rings (SSSR count). The van der Waals surface area contributed by atoms with E-state index in [1.807, 2.05) is 24.3 Å². The Morgan fingerprint density at radius 3 is 2.63 bits per heavy atom. The van der Waals surface area contributed by atoms with Crippen molar-refractivity contribution in [3.8, 4) is 5.75 Å². The van der Waals surface area contributed by atoms with Gasteiger partial charge in [0.2, 0.25) is 0 Å². The van der Waals surface area contributed by atoms with Gasteiger partial charge >= 0.3 is 0 Å². The molecule has 2 aliphatic rings. The second kappa shape index (κ2) is 8.34. The van der Waals surface area contributed by atoms with Gasteiger partial charge in [-0.3, -0.25) is 14.9 Å². The predicted molar refractivity (Wildman–Crippen MR) is 115 cm³/mol. The van der Waals surface area contributed by atoms with Gasteiger partial charge in [-0.05, 0) is 36.5 Å². The fraction of sp³-hybridized carbons (Fsp3) is 0.435. The summed E-state index contributed by atoms with van der Waals surface area (Å²) in [5.41, 5.74) is 1.80. The van der Waals surface area contributed by atoms with Gasteiger partial charge in [0, 0.05) is 36.7 Å². The number of nitro benzene ring substituents is 1. The van der Waals surface area contributed by atoms with Crippen molar-refractivity contribution < 1.29 is 14.5 Å². The molecule has 7 nitrogen and oxygen atoms in total. The number of amides is 1. The number of anilines is 1. The standard InChI is InChI=1S/C23H27N3O4/c1-15-11-16(2)14-25(13-15)20-8-7-17(12-21(20)26(28)29)23(27)24-19-9-10-30-22-6-4-3-5-18(19)22/h3-8,12,15-16,19H,9-11,13-14H2,1-2H3,(H,24,27)/t15-,16-,19-/m1/s1. The molecule has 0 aromatic heterocycles. The molecule has 158 valence electrons. The van der Waals surface area contributed by atoms with E-state index in [1.165, 1.54) is 6.07 Å². The zero-order valence-electron chi connectivity index (χ0n) is 17.3. The number of hydrogen-bond acceptors (Lipinski definition) is 5. The van der Waals surface area contributed by atoms with Crippen molar-refractivity contribution in [1.82, 2.24) is 5.32 Å². The summed E-state index contributed by atoms with van der Waals surface area (Å²) < 4.78 is 5.65. The van der Waals surface area contributed by atoms with Crippen LogP contribution < -0.4 is 15.0 Å². The van der Waals surface area contributed by atoms with E-state index in [-0.39, 0.29) is 22.6 Å². The highest BCUT2D eigenvalue weighted by Gasteiger charge is 2.29. The van der Waals surface area contributed by atoms with Crippen molar-refractivity contribution in [2.75, 3.05) is 24.6 Å². The molecule has 0 aliphatic carbocycles. The lowest BCUT2D eigenvalue weighted by atomic mass is 9.91. The fourth-order valence-electron chi connectivity index (χ4n) is 4.67. The number of carbonyl (C=O) groups is 1. The first-order valence-corrected chi connectivity index (χ1v) is 10.5. The zero-order chi connectivity index (χ0) is 21.3. The highest BCUT2D eigenvalue weighted by molar-refractivity contribution is 5.96. The SMILES string of the molecule is C[C@@H]1C[C@@H](C)CN(c2ccc(C(=O)N[C@@H]3CCOc4ccccc43)cc2[N+](=O)[O-])C1. The topological polar surface area (TPSA) is 84.7 Å². The number of piperidine rings is 1. The van der Waals surface area contributed by atoms with Gasteiger partial charge in [0.1, 0.15) is 11.4 Å². The summed E-state index contributed by atoms with van der Waals surface area (Å²) in [5.74, 6) is 1.41. The van der Waals surface area contributed by atoms with Gasteiger partial charge in [0.25, 0.3) is 11.6 Å². The van der Waals surface area contributed by atoms with Gasteiger partial charge in [-0.1, -0.05) is 32.0 Å². The Morgan fingerprint density at radius 2 is 1.90 bits per heavy atom. The van der Waals surface area contributed by atoms with E-state index in [4.69, 9.17) is 4.74 Å². The van der Waals surface area contributed by atoms with Crippen molar-refractivity contribution in [3.05, 3.63) is 63.7 Å². The minimum Gasteiger partial charge on any atom is -0.493 e. The number of nitrogens with zero attached hydrogens (tertiary/aromatic N) is 2. The van der Waals surface area contributed by atoms with Crippen molar-refractivity contribution in [3.63, 3.8) is 0 Å². The lowest BCUT2D eigenvalue weighted by Crippen LogP contribution is -2.39. The highest BCUT2D eigenvalue weighted by Crippen LogP contribution is 2.35. The van der Waals surface area contributed by atoms with Crippen LogP contribution in [0.3, 0.4) is 0 Å². The van der Waals surface area contributed by atoms with E-state index in [0.717, 1.165) is 30.8 Å². The highest BCUT2D eigenvalue weighted by atomic mass is 16.6. The van der Waals surface area contributed by atoms with E-state index >= 15 is 0 Å². The number of fused-ring (bicyclic) bond motifs is 1. The third kappa shape index (κ3) is 4.10. The molecule has 1 fully saturated rings. The summed E-state index contributed by atoms with van der Waals surface area (Å²) in [4.78, 5) is 26.4. The van der Waals surface area contributed by atoms with Gasteiger partial charge in [-0.2, -0.15) is 0 Å². The van der Waals surface area contributed by atoms with Crippen molar-refractivity contribution >= 4 is 17.3 Å². The predicted octanol–water partition coefficient (Wildman–Crippen LogP) is 4.33. The van der Waals surface area contributed by atoms with Gasteiger partial charge in [0.05, 0.1) is 17.6 Å². The van der Waals surface area contributed by atoms with Crippen LogP contribution in [-0.4, -0.2) is 30.5 Å². The van der Waals surface area contributed by atoms with Crippen LogP contribution in [0.5, 0.6) is 5.75 Å². The van der Waals surface area contributed by atoms with Crippen molar-refractivity contribution in [2.24, 2.45) is 11.8 Å². The number of hydrogen-bond donors (Lipinski definition) is 1. The average Bonchev–Trinajstić information content (AvgIpc) is 2.73. The molecule has 0 bridgehead atoms. The van der Waals surface area contributed by atoms with E-state index in [2.05, 4.69) is 24.1 Å². The molecular formula is C23H27N3O4. The van der Waals surface area contributed by atoms with Crippen LogP contribution in [0.25, 0.3) is 0 Å². The quantitative estimate of drug-likeness (QED) is 0.600. The molecule has 1 saturated heterocycles. The average molecular weight is 409 g/mol. The first-order chi connectivity index (χ1) is 14.4. The molecular weight excluding hydrogens is 382 g/mol. The maximum Gasteiger partial charge on any atom is 0.293 e. The molecule has 2 aliphatic heterocycles. The molecule has 0 saturated carbocycles. The van der Waals surface area contributed by atoms with Crippen LogP contribution in [0.4, 0.5) is 11.4 Å². The third-order valence-electron chi connectivity index (χ3n) is 5.91. The van der Waals surface area contributed by atoms with Gasteiger partial charge in [0.15, 0.2) is 0 Å². The first-order valence-electron chi connectivity index (χ1n) is 10.5. The van der Waals surface area contributed by atoms with E-state index in [9.17, 15) is 14.9 Å². The maximum absolute atomic E-state index is 12.9. The van der Waals surface area contributed by atoms with Gasteiger partial charge < -0.3 is 15.0 Å².